The second-order valence-corrected chi connectivity index (χ2v) is 10.2. The molecule has 4 aromatic rings. The van der Waals surface area contributed by atoms with Gasteiger partial charge in [0.25, 0.3) is 0 Å². The van der Waals surface area contributed by atoms with Gasteiger partial charge in [0.05, 0.1) is 10.6 Å². The van der Waals surface area contributed by atoms with E-state index in [2.05, 4.69) is 0 Å². The molecular weight excluding hydrogens is 444 g/mol. The molecule has 0 bridgehead atoms. The number of rotatable bonds is 7. The number of aromatic nitrogens is 1. The monoisotopic (exact) mass is 466 g/mol. The fourth-order valence-electron chi connectivity index (χ4n) is 3.68. The van der Waals surface area contributed by atoms with E-state index in [9.17, 15) is 13.2 Å². The number of carbonyl (C=O) groups is 1. The number of likely N-dealkylation sites (N-methyl/N-ethyl adjacent to an activating group) is 1. The third-order valence-corrected chi connectivity index (χ3v) is 7.31. The van der Waals surface area contributed by atoms with Gasteiger partial charge in [0.1, 0.15) is 6.54 Å². The minimum absolute atomic E-state index is 0.0559. The average Bonchev–Trinajstić information content (AvgIpc) is 3.15. The highest BCUT2D eigenvalue weighted by atomic mass is 35.5. The molecule has 4 rings (SSSR count). The van der Waals surface area contributed by atoms with Crippen molar-refractivity contribution in [2.45, 2.75) is 23.7 Å². The molecule has 0 unspecified atom stereocenters. The fraction of sp³-hybridized carbons (Fsp3) is 0.160. The van der Waals surface area contributed by atoms with Gasteiger partial charge in [0.2, 0.25) is 5.91 Å². The number of nitrogens with zero attached hydrogens (tertiary/aromatic N) is 2. The summed E-state index contributed by atoms with van der Waals surface area (Å²) in [6.45, 7) is 0.543. The summed E-state index contributed by atoms with van der Waals surface area (Å²) in [5, 5.41) is 1.17. The van der Waals surface area contributed by atoms with Gasteiger partial charge in [-0.1, -0.05) is 72.3 Å². The van der Waals surface area contributed by atoms with Crippen LogP contribution >= 0.6 is 11.6 Å². The Labute approximate surface area is 192 Å². The number of hydrogen-bond donors (Lipinski definition) is 0. The Hall–Kier alpha value is -3.09. The molecule has 3 aromatic carbocycles. The van der Waals surface area contributed by atoms with Gasteiger partial charge in [0, 0.05) is 35.7 Å². The first-order chi connectivity index (χ1) is 15.3. The van der Waals surface area contributed by atoms with E-state index in [4.69, 9.17) is 11.6 Å². The Balaban J connectivity index is 1.61. The van der Waals surface area contributed by atoms with Crippen LogP contribution in [-0.2, 0) is 33.5 Å². The van der Waals surface area contributed by atoms with Crippen LogP contribution in [0.4, 0.5) is 0 Å². The van der Waals surface area contributed by atoms with E-state index < -0.39 is 9.84 Å². The van der Waals surface area contributed by atoms with E-state index >= 15 is 0 Å². The number of para-hydroxylation sites is 1. The van der Waals surface area contributed by atoms with Crippen LogP contribution in [0.1, 0.15) is 11.1 Å². The lowest BCUT2D eigenvalue weighted by Gasteiger charge is -2.18. The van der Waals surface area contributed by atoms with Crippen molar-refractivity contribution in [3.63, 3.8) is 0 Å². The molecule has 0 aliphatic carbocycles. The number of amides is 1. The van der Waals surface area contributed by atoms with Crippen molar-refractivity contribution in [3.05, 3.63) is 101 Å². The molecule has 0 atom stereocenters. The highest BCUT2D eigenvalue weighted by molar-refractivity contribution is 7.90. The fourth-order valence-corrected chi connectivity index (χ4v) is 5.39. The Kier molecular flexibility index (Phi) is 6.35. The van der Waals surface area contributed by atoms with Crippen LogP contribution in [-0.4, -0.2) is 30.8 Å². The minimum Gasteiger partial charge on any atom is -0.340 e. The molecule has 5 nitrogen and oxygen atoms in total. The number of fused-ring (bicyclic) bond motifs is 1. The van der Waals surface area contributed by atoms with E-state index in [1.165, 1.54) is 0 Å². The topological polar surface area (TPSA) is 59.4 Å². The van der Waals surface area contributed by atoms with Crippen LogP contribution in [0.5, 0.6) is 0 Å². The van der Waals surface area contributed by atoms with Gasteiger partial charge in [-0.3, -0.25) is 4.79 Å². The highest BCUT2D eigenvalue weighted by Crippen LogP contribution is 2.28. The zero-order valence-corrected chi connectivity index (χ0v) is 19.2. The molecule has 0 saturated heterocycles. The molecule has 1 heterocycles. The molecule has 0 saturated carbocycles. The molecule has 7 heteroatoms. The second kappa shape index (κ2) is 9.18. The van der Waals surface area contributed by atoms with Crippen LogP contribution in [0.2, 0.25) is 5.02 Å². The predicted molar refractivity (Wildman–Crippen MR) is 127 cm³/mol. The van der Waals surface area contributed by atoms with Crippen molar-refractivity contribution in [2.24, 2.45) is 0 Å². The van der Waals surface area contributed by atoms with Gasteiger partial charge in [-0.05, 0) is 29.3 Å². The summed E-state index contributed by atoms with van der Waals surface area (Å²) < 4.78 is 28.2. The van der Waals surface area contributed by atoms with Crippen LogP contribution in [0.25, 0.3) is 10.9 Å². The molecule has 1 amide bonds. The van der Waals surface area contributed by atoms with E-state index in [-0.39, 0.29) is 23.1 Å². The molecule has 0 aliphatic heterocycles. The van der Waals surface area contributed by atoms with E-state index in [0.29, 0.717) is 28.0 Å². The van der Waals surface area contributed by atoms with Gasteiger partial charge in [0.15, 0.2) is 9.84 Å². The van der Waals surface area contributed by atoms with Crippen molar-refractivity contribution < 1.29 is 13.2 Å². The molecule has 0 aliphatic rings. The van der Waals surface area contributed by atoms with Crippen molar-refractivity contribution in [1.29, 1.82) is 0 Å². The van der Waals surface area contributed by atoms with Gasteiger partial charge in [-0.25, -0.2) is 8.42 Å². The molecule has 1 aromatic heterocycles. The summed E-state index contributed by atoms with van der Waals surface area (Å²) in [5.74, 6) is -0.240. The number of halogens is 1. The van der Waals surface area contributed by atoms with Crippen LogP contribution in [0.15, 0.2) is 90.0 Å². The highest BCUT2D eigenvalue weighted by Gasteiger charge is 2.23. The maximum absolute atomic E-state index is 13.2. The number of benzene rings is 3. The molecular formula is C25H23ClN2O3S. The lowest BCUT2D eigenvalue weighted by atomic mass is 10.2. The number of hydrogen-bond acceptors (Lipinski definition) is 3. The van der Waals surface area contributed by atoms with E-state index in [1.54, 1.807) is 59.1 Å². The normalized spacial score (nSPS) is 11.6. The average molecular weight is 467 g/mol. The molecule has 164 valence electrons. The first-order valence-electron chi connectivity index (χ1n) is 10.2. The van der Waals surface area contributed by atoms with Gasteiger partial charge < -0.3 is 9.47 Å². The first-order valence-corrected chi connectivity index (χ1v) is 12.2. The summed E-state index contributed by atoms with van der Waals surface area (Å²) in [6, 6.07) is 23.8. The largest absolute Gasteiger partial charge is 0.340 e. The number of carbonyl (C=O) groups excluding carboxylic acids is 1. The summed E-state index contributed by atoms with van der Waals surface area (Å²) in [7, 11) is -1.88. The van der Waals surface area contributed by atoms with Gasteiger partial charge in [-0.2, -0.15) is 0 Å². The Morgan fingerprint density at radius 3 is 2.28 bits per heavy atom. The number of sulfone groups is 1. The third-order valence-electron chi connectivity index (χ3n) is 5.35. The van der Waals surface area contributed by atoms with Crippen LogP contribution in [0, 0.1) is 0 Å². The summed E-state index contributed by atoms with van der Waals surface area (Å²) in [4.78, 5) is 14.8. The zero-order chi connectivity index (χ0) is 22.7. The zero-order valence-electron chi connectivity index (χ0n) is 17.6. The van der Waals surface area contributed by atoms with Crippen molar-refractivity contribution in [3.8, 4) is 0 Å². The third kappa shape index (κ3) is 4.87. The van der Waals surface area contributed by atoms with Gasteiger partial charge >= 0.3 is 0 Å². The maximum atomic E-state index is 13.2. The van der Waals surface area contributed by atoms with E-state index in [1.807, 2.05) is 42.5 Å². The molecule has 0 fully saturated rings. The first kappa shape index (κ1) is 22.1. The van der Waals surface area contributed by atoms with Gasteiger partial charge in [-0.15, -0.1) is 0 Å². The standard InChI is InChI=1S/C25H23ClN2O3S/c1-27(15-19-7-3-2-4-8-19)25(29)17-28-16-24(22-9-5-6-10-23(22)28)32(30,31)18-20-11-13-21(26)14-12-20/h2-14,16H,15,17-18H2,1H3. The van der Waals surface area contributed by atoms with Crippen molar-refractivity contribution in [2.75, 3.05) is 7.05 Å². The predicted octanol–water partition coefficient (Wildman–Crippen LogP) is 4.93. The Bertz CT molecular complexity index is 1350. The molecule has 0 N–H and O–H groups in total. The second-order valence-electron chi connectivity index (χ2n) is 7.76. The minimum atomic E-state index is -3.63. The van der Waals surface area contributed by atoms with Crippen molar-refractivity contribution >= 4 is 38.2 Å². The Morgan fingerprint density at radius 2 is 1.56 bits per heavy atom. The molecule has 0 radical (unpaired) electrons. The maximum Gasteiger partial charge on any atom is 0.242 e. The molecule has 0 spiro atoms. The quantitative estimate of drug-likeness (QED) is 0.388. The smallest absolute Gasteiger partial charge is 0.242 e. The van der Waals surface area contributed by atoms with Crippen molar-refractivity contribution in [1.82, 2.24) is 9.47 Å². The summed E-state index contributed by atoms with van der Waals surface area (Å²) in [5.41, 5.74) is 2.40. The summed E-state index contributed by atoms with van der Waals surface area (Å²) >= 11 is 5.92. The van der Waals surface area contributed by atoms with Crippen LogP contribution in [0.3, 0.4) is 0 Å². The lowest BCUT2D eigenvalue weighted by Crippen LogP contribution is -2.29. The summed E-state index contributed by atoms with van der Waals surface area (Å²) in [6.07, 6.45) is 1.57. The van der Waals surface area contributed by atoms with E-state index in [0.717, 1.165) is 5.56 Å². The Morgan fingerprint density at radius 1 is 0.906 bits per heavy atom. The van der Waals surface area contributed by atoms with Crippen LogP contribution < -0.4 is 0 Å². The molecule has 32 heavy (non-hydrogen) atoms. The lowest BCUT2D eigenvalue weighted by molar-refractivity contribution is -0.131. The SMILES string of the molecule is CN(Cc1ccccc1)C(=O)Cn1cc(S(=O)(=O)Cc2ccc(Cl)cc2)c2ccccc21.